The van der Waals surface area contributed by atoms with Crippen LogP contribution in [-0.4, -0.2) is 23.3 Å². The zero-order valence-electron chi connectivity index (χ0n) is 10.5. The first-order chi connectivity index (χ1) is 8.66. The molecule has 0 spiro atoms. The predicted molar refractivity (Wildman–Crippen MR) is 69.3 cm³/mol. The highest BCUT2D eigenvalue weighted by atomic mass is 79.9. The van der Waals surface area contributed by atoms with E-state index >= 15 is 0 Å². The molecule has 0 aromatic heterocycles. The van der Waals surface area contributed by atoms with Gasteiger partial charge < -0.3 is 10.1 Å². The number of carbonyl (C=O) groups is 2. The van der Waals surface area contributed by atoms with Crippen LogP contribution in [0.3, 0.4) is 0 Å². The van der Waals surface area contributed by atoms with Crippen molar-refractivity contribution in [2.45, 2.75) is 18.2 Å². The lowest BCUT2D eigenvalue weighted by Gasteiger charge is -2.16. The maximum absolute atomic E-state index is 13.5. The molecular weight excluding hydrogens is 324 g/mol. The van der Waals surface area contributed by atoms with Gasteiger partial charge in [0.25, 0.3) is 0 Å². The summed E-state index contributed by atoms with van der Waals surface area (Å²) in [5.74, 6) is -3.52. The summed E-state index contributed by atoms with van der Waals surface area (Å²) < 4.78 is 30.3. The number of hydrogen-bond donors (Lipinski definition) is 1. The maximum Gasteiger partial charge on any atom is 0.340 e. The fourth-order valence-corrected chi connectivity index (χ4v) is 1.28. The van der Waals surface area contributed by atoms with E-state index in [-0.39, 0.29) is 5.69 Å². The molecule has 0 heterocycles. The van der Waals surface area contributed by atoms with Crippen LogP contribution >= 0.6 is 15.9 Å². The zero-order chi connectivity index (χ0) is 14.8. The molecule has 0 aliphatic rings. The number of rotatable bonds is 3. The Morgan fingerprint density at radius 2 is 1.84 bits per heavy atom. The topological polar surface area (TPSA) is 55.4 Å². The number of nitrogens with one attached hydrogen (secondary N) is 1. The van der Waals surface area contributed by atoms with E-state index in [0.29, 0.717) is 6.07 Å². The first-order valence-electron chi connectivity index (χ1n) is 5.24. The third-order valence-electron chi connectivity index (χ3n) is 2.25. The Balaban J connectivity index is 3.15. The van der Waals surface area contributed by atoms with Crippen molar-refractivity contribution in [2.24, 2.45) is 0 Å². The molecule has 1 rings (SSSR count). The van der Waals surface area contributed by atoms with Crippen molar-refractivity contribution in [1.82, 2.24) is 0 Å². The normalized spacial score (nSPS) is 11.1. The molecule has 1 aromatic carbocycles. The molecule has 0 saturated heterocycles. The van der Waals surface area contributed by atoms with E-state index in [0.717, 1.165) is 13.2 Å². The molecule has 19 heavy (non-hydrogen) atoms. The van der Waals surface area contributed by atoms with Crippen molar-refractivity contribution in [3.8, 4) is 0 Å². The van der Waals surface area contributed by atoms with E-state index in [1.165, 1.54) is 0 Å². The highest BCUT2D eigenvalue weighted by Gasteiger charge is 2.25. The minimum absolute atomic E-state index is 0.292. The first kappa shape index (κ1) is 15.6. The maximum atomic E-state index is 13.5. The minimum atomic E-state index is -1.06. The van der Waals surface area contributed by atoms with Gasteiger partial charge in [-0.05, 0) is 19.9 Å². The second kappa shape index (κ2) is 5.64. The van der Waals surface area contributed by atoms with Crippen LogP contribution in [0.5, 0.6) is 0 Å². The summed E-state index contributed by atoms with van der Waals surface area (Å²) in [4.78, 5) is 23.0. The van der Waals surface area contributed by atoms with Crippen LogP contribution in [0, 0.1) is 11.6 Å². The second-order valence-corrected chi connectivity index (χ2v) is 6.21. The standard InChI is InChI=1S/C12H12BrF2NO3/c1-12(2,13)11(18)16-9-4-6(10(17)19-3)7(14)5-8(9)15/h4-5H,1-3H3,(H,16,18). The van der Waals surface area contributed by atoms with Crippen LogP contribution in [-0.2, 0) is 9.53 Å². The van der Waals surface area contributed by atoms with E-state index < -0.39 is 33.4 Å². The summed E-state index contributed by atoms with van der Waals surface area (Å²) in [5.41, 5.74) is -0.745. The molecule has 0 fully saturated rings. The smallest absolute Gasteiger partial charge is 0.340 e. The van der Waals surface area contributed by atoms with Gasteiger partial charge in [0.1, 0.15) is 11.6 Å². The Labute approximate surface area is 117 Å². The van der Waals surface area contributed by atoms with Crippen LogP contribution in [0.15, 0.2) is 12.1 Å². The number of benzene rings is 1. The average Bonchev–Trinajstić information content (AvgIpc) is 2.30. The number of anilines is 1. The lowest BCUT2D eigenvalue weighted by atomic mass is 10.1. The molecule has 0 aliphatic carbocycles. The van der Waals surface area contributed by atoms with Crippen molar-refractivity contribution in [1.29, 1.82) is 0 Å². The molecule has 104 valence electrons. The van der Waals surface area contributed by atoms with Gasteiger partial charge in [-0.2, -0.15) is 0 Å². The summed E-state index contributed by atoms with van der Waals surface area (Å²) >= 11 is 3.10. The molecule has 0 saturated carbocycles. The third kappa shape index (κ3) is 3.73. The van der Waals surface area contributed by atoms with Crippen LogP contribution < -0.4 is 5.32 Å². The van der Waals surface area contributed by atoms with E-state index in [4.69, 9.17) is 0 Å². The number of ether oxygens (including phenoxy) is 1. The van der Waals surface area contributed by atoms with Gasteiger partial charge in [0, 0.05) is 6.07 Å². The molecule has 0 aliphatic heterocycles. The lowest BCUT2D eigenvalue weighted by Crippen LogP contribution is -2.31. The molecule has 1 N–H and O–H groups in total. The Hall–Kier alpha value is -1.50. The van der Waals surface area contributed by atoms with Gasteiger partial charge in [0.15, 0.2) is 0 Å². The molecular formula is C12H12BrF2NO3. The highest BCUT2D eigenvalue weighted by Crippen LogP contribution is 2.23. The van der Waals surface area contributed by atoms with E-state index in [1.54, 1.807) is 13.8 Å². The van der Waals surface area contributed by atoms with Crippen LogP contribution in [0.2, 0.25) is 0 Å². The van der Waals surface area contributed by atoms with Crippen molar-refractivity contribution >= 4 is 33.5 Å². The Bertz CT molecular complexity index is 526. The van der Waals surface area contributed by atoms with Crippen molar-refractivity contribution in [3.05, 3.63) is 29.3 Å². The van der Waals surface area contributed by atoms with Crippen LogP contribution in [0.4, 0.5) is 14.5 Å². The Morgan fingerprint density at radius 1 is 1.26 bits per heavy atom. The van der Waals surface area contributed by atoms with Gasteiger partial charge in [-0.1, -0.05) is 15.9 Å². The molecule has 1 amide bonds. The fourth-order valence-electron chi connectivity index (χ4n) is 1.18. The summed E-state index contributed by atoms with van der Waals surface area (Å²) in [7, 11) is 1.07. The van der Waals surface area contributed by atoms with Gasteiger partial charge in [-0.3, -0.25) is 4.79 Å². The number of alkyl halides is 1. The summed E-state index contributed by atoms with van der Waals surface area (Å²) in [6, 6.07) is 1.41. The van der Waals surface area contributed by atoms with Gasteiger partial charge in [0.2, 0.25) is 5.91 Å². The van der Waals surface area contributed by atoms with Gasteiger partial charge in [-0.15, -0.1) is 0 Å². The number of hydrogen-bond acceptors (Lipinski definition) is 3. The SMILES string of the molecule is COC(=O)c1cc(NC(=O)C(C)(C)Br)c(F)cc1F. The number of halogens is 3. The van der Waals surface area contributed by atoms with Gasteiger partial charge >= 0.3 is 5.97 Å². The number of esters is 1. The quantitative estimate of drug-likeness (QED) is 0.682. The molecule has 0 radical (unpaired) electrons. The molecule has 4 nitrogen and oxygen atoms in total. The molecule has 7 heteroatoms. The van der Waals surface area contributed by atoms with Gasteiger partial charge in [-0.25, -0.2) is 13.6 Å². The number of methoxy groups -OCH3 is 1. The minimum Gasteiger partial charge on any atom is -0.465 e. The first-order valence-corrected chi connectivity index (χ1v) is 6.04. The third-order valence-corrected chi connectivity index (χ3v) is 2.61. The number of amides is 1. The highest BCUT2D eigenvalue weighted by molar-refractivity contribution is 9.10. The molecule has 0 atom stereocenters. The number of carbonyl (C=O) groups excluding carboxylic acids is 2. The molecule has 0 unspecified atom stereocenters. The Kier molecular flexibility index (Phi) is 4.62. The van der Waals surface area contributed by atoms with Crippen LogP contribution in [0.1, 0.15) is 24.2 Å². The van der Waals surface area contributed by atoms with Crippen LogP contribution in [0.25, 0.3) is 0 Å². The predicted octanol–water partition coefficient (Wildman–Crippen LogP) is 2.86. The molecule has 1 aromatic rings. The van der Waals surface area contributed by atoms with E-state index in [9.17, 15) is 18.4 Å². The van der Waals surface area contributed by atoms with Crippen molar-refractivity contribution in [2.75, 3.05) is 12.4 Å². The largest absolute Gasteiger partial charge is 0.465 e. The Morgan fingerprint density at radius 3 is 2.32 bits per heavy atom. The summed E-state index contributed by atoms with van der Waals surface area (Å²) in [5, 5.41) is 2.26. The lowest BCUT2D eigenvalue weighted by molar-refractivity contribution is -0.117. The monoisotopic (exact) mass is 335 g/mol. The van der Waals surface area contributed by atoms with E-state index in [1.807, 2.05) is 0 Å². The summed E-state index contributed by atoms with van der Waals surface area (Å²) in [6.45, 7) is 3.12. The second-order valence-electron chi connectivity index (χ2n) is 4.23. The van der Waals surface area contributed by atoms with Crippen molar-refractivity contribution < 1.29 is 23.1 Å². The fraction of sp³-hybridized carbons (Fsp3) is 0.333. The van der Waals surface area contributed by atoms with Gasteiger partial charge in [0.05, 0.1) is 22.7 Å². The zero-order valence-corrected chi connectivity index (χ0v) is 12.1. The van der Waals surface area contributed by atoms with E-state index in [2.05, 4.69) is 26.0 Å². The average molecular weight is 336 g/mol. The molecule has 0 bridgehead atoms. The van der Waals surface area contributed by atoms with Crippen molar-refractivity contribution in [3.63, 3.8) is 0 Å². The summed E-state index contributed by atoms with van der Waals surface area (Å²) in [6.07, 6.45) is 0.